The molecule has 2 aromatic rings. The summed E-state index contributed by atoms with van der Waals surface area (Å²) in [4.78, 5) is 17.5. The monoisotopic (exact) mass is 418 g/mol. The number of phenolic OH excluding ortho intramolecular Hbond substituents is 1. The van der Waals surface area contributed by atoms with Crippen molar-refractivity contribution in [2.24, 2.45) is 0 Å². The van der Waals surface area contributed by atoms with Gasteiger partial charge in [0, 0.05) is 18.7 Å². The lowest BCUT2D eigenvalue weighted by atomic mass is 9.90. The number of phenols is 1. The average molecular weight is 419 g/mol. The van der Waals surface area contributed by atoms with Gasteiger partial charge in [0.2, 0.25) is 5.91 Å². The fourth-order valence-electron chi connectivity index (χ4n) is 4.38. The molecule has 1 atom stereocenters. The van der Waals surface area contributed by atoms with Crippen LogP contribution in [-0.2, 0) is 17.6 Å². The Bertz CT molecular complexity index is 881. The molecule has 0 unspecified atom stereocenters. The maximum atomic E-state index is 13.2. The summed E-state index contributed by atoms with van der Waals surface area (Å²) in [5.74, 6) is 0.338. The fourth-order valence-corrected chi connectivity index (χ4v) is 4.70. The normalized spacial score (nSPS) is 19.6. The van der Waals surface area contributed by atoms with Crippen molar-refractivity contribution in [3.63, 3.8) is 0 Å². The molecule has 4 nitrogen and oxygen atoms in total. The first-order valence-corrected chi connectivity index (χ1v) is 10.5. The minimum absolute atomic E-state index is 0.0523. The predicted octanol–water partition coefficient (Wildman–Crippen LogP) is 4.46. The number of nitrogens with zero attached hydrogens (tertiary/aromatic N) is 2. The molecule has 1 amide bonds. The van der Waals surface area contributed by atoms with Crippen LogP contribution in [0.2, 0.25) is 10.0 Å². The summed E-state index contributed by atoms with van der Waals surface area (Å²) in [7, 11) is 0. The first-order chi connectivity index (χ1) is 13.5. The summed E-state index contributed by atoms with van der Waals surface area (Å²) in [6.45, 7) is 3.52. The molecule has 4 rings (SSSR count). The summed E-state index contributed by atoms with van der Waals surface area (Å²) in [5, 5.41) is 11.5. The van der Waals surface area contributed by atoms with E-state index >= 15 is 0 Å². The highest BCUT2D eigenvalue weighted by atomic mass is 35.5. The van der Waals surface area contributed by atoms with E-state index in [1.54, 1.807) is 18.2 Å². The maximum Gasteiger partial charge on any atom is 0.227 e. The SMILES string of the molecule is O=C(Cc1ccc(Cl)c(Cl)c1)N1CCc2cccc(O)c2[C@H]1CN1CCCC1. The van der Waals surface area contributed by atoms with Gasteiger partial charge in [0.25, 0.3) is 0 Å². The van der Waals surface area contributed by atoms with Gasteiger partial charge in [-0.2, -0.15) is 0 Å². The fraction of sp³-hybridized carbons (Fsp3) is 0.409. The molecule has 28 heavy (non-hydrogen) atoms. The van der Waals surface area contributed by atoms with E-state index in [0.29, 0.717) is 16.6 Å². The second kappa shape index (κ2) is 8.32. The number of halogens is 2. The van der Waals surface area contributed by atoms with Crippen molar-refractivity contribution >= 4 is 29.1 Å². The molecule has 1 N–H and O–H groups in total. The number of fused-ring (bicyclic) bond motifs is 1. The number of benzene rings is 2. The zero-order valence-electron chi connectivity index (χ0n) is 15.7. The van der Waals surface area contributed by atoms with Crippen molar-refractivity contribution in [3.05, 3.63) is 63.1 Å². The topological polar surface area (TPSA) is 43.8 Å². The average Bonchev–Trinajstić information content (AvgIpc) is 3.18. The molecule has 0 saturated carbocycles. The van der Waals surface area contributed by atoms with Crippen LogP contribution in [0.5, 0.6) is 5.75 Å². The molecule has 148 valence electrons. The number of likely N-dealkylation sites (tertiary alicyclic amines) is 1. The largest absolute Gasteiger partial charge is 0.508 e. The number of amides is 1. The van der Waals surface area contributed by atoms with Crippen LogP contribution in [0.3, 0.4) is 0 Å². The zero-order valence-corrected chi connectivity index (χ0v) is 17.2. The minimum atomic E-state index is -0.127. The van der Waals surface area contributed by atoms with E-state index in [1.165, 1.54) is 12.8 Å². The molecule has 2 aliphatic heterocycles. The van der Waals surface area contributed by atoms with Crippen LogP contribution in [-0.4, -0.2) is 47.0 Å². The first-order valence-electron chi connectivity index (χ1n) is 9.79. The maximum absolute atomic E-state index is 13.2. The number of carbonyl (C=O) groups is 1. The van der Waals surface area contributed by atoms with Crippen molar-refractivity contribution in [1.29, 1.82) is 0 Å². The molecule has 0 radical (unpaired) electrons. The Morgan fingerprint density at radius 3 is 2.61 bits per heavy atom. The van der Waals surface area contributed by atoms with Crippen LogP contribution in [0.15, 0.2) is 36.4 Å². The smallest absolute Gasteiger partial charge is 0.227 e. The summed E-state index contributed by atoms with van der Waals surface area (Å²) in [6, 6.07) is 10.9. The summed E-state index contributed by atoms with van der Waals surface area (Å²) >= 11 is 12.1. The minimum Gasteiger partial charge on any atom is -0.508 e. The Balaban J connectivity index is 1.61. The number of hydrogen-bond donors (Lipinski definition) is 1. The van der Waals surface area contributed by atoms with Crippen LogP contribution < -0.4 is 0 Å². The lowest BCUT2D eigenvalue weighted by Crippen LogP contribution is -2.45. The Morgan fingerprint density at radius 1 is 1.07 bits per heavy atom. The molecular formula is C22H24Cl2N2O2. The van der Waals surface area contributed by atoms with Crippen molar-refractivity contribution in [2.75, 3.05) is 26.2 Å². The number of rotatable bonds is 4. The summed E-state index contributed by atoms with van der Waals surface area (Å²) in [6.07, 6.45) is 3.42. The van der Waals surface area contributed by atoms with E-state index in [0.717, 1.165) is 42.7 Å². The van der Waals surface area contributed by atoms with E-state index in [2.05, 4.69) is 11.0 Å². The van der Waals surface area contributed by atoms with Crippen molar-refractivity contribution in [3.8, 4) is 5.75 Å². The second-order valence-corrected chi connectivity index (χ2v) is 8.45. The highest BCUT2D eigenvalue weighted by Crippen LogP contribution is 2.37. The van der Waals surface area contributed by atoms with E-state index in [4.69, 9.17) is 23.2 Å². The van der Waals surface area contributed by atoms with Gasteiger partial charge in [0.05, 0.1) is 22.5 Å². The molecule has 2 aliphatic rings. The molecule has 1 fully saturated rings. The van der Waals surface area contributed by atoms with Crippen molar-refractivity contribution < 1.29 is 9.90 Å². The number of carbonyl (C=O) groups excluding carboxylic acids is 1. The lowest BCUT2D eigenvalue weighted by molar-refractivity contribution is -0.133. The molecular weight excluding hydrogens is 395 g/mol. The van der Waals surface area contributed by atoms with Gasteiger partial charge in [-0.3, -0.25) is 4.79 Å². The van der Waals surface area contributed by atoms with Gasteiger partial charge in [-0.25, -0.2) is 0 Å². The Kier molecular flexibility index (Phi) is 5.81. The van der Waals surface area contributed by atoms with E-state index in [9.17, 15) is 9.90 Å². The molecule has 2 heterocycles. The molecule has 2 aromatic carbocycles. The van der Waals surface area contributed by atoms with Crippen LogP contribution >= 0.6 is 23.2 Å². The van der Waals surface area contributed by atoms with Crippen LogP contribution in [0.25, 0.3) is 0 Å². The highest BCUT2D eigenvalue weighted by molar-refractivity contribution is 6.42. The van der Waals surface area contributed by atoms with Gasteiger partial charge >= 0.3 is 0 Å². The first kappa shape index (κ1) is 19.6. The summed E-state index contributed by atoms with van der Waals surface area (Å²) in [5.41, 5.74) is 2.90. The molecule has 0 aliphatic carbocycles. The highest BCUT2D eigenvalue weighted by Gasteiger charge is 2.34. The second-order valence-electron chi connectivity index (χ2n) is 7.64. The van der Waals surface area contributed by atoms with Gasteiger partial charge in [-0.15, -0.1) is 0 Å². The van der Waals surface area contributed by atoms with Crippen LogP contribution in [0.1, 0.15) is 35.6 Å². The van der Waals surface area contributed by atoms with Gasteiger partial charge in [0.15, 0.2) is 0 Å². The van der Waals surface area contributed by atoms with Gasteiger partial charge < -0.3 is 14.9 Å². The third-order valence-corrected chi connectivity index (χ3v) is 6.53. The number of hydrogen-bond acceptors (Lipinski definition) is 3. The Hall–Kier alpha value is -1.75. The van der Waals surface area contributed by atoms with Crippen LogP contribution in [0.4, 0.5) is 0 Å². The molecule has 6 heteroatoms. The third kappa shape index (κ3) is 4.00. The van der Waals surface area contributed by atoms with Crippen LogP contribution in [0, 0.1) is 0 Å². The molecule has 0 bridgehead atoms. The van der Waals surface area contributed by atoms with Gasteiger partial charge in [-0.1, -0.05) is 41.4 Å². The summed E-state index contributed by atoms with van der Waals surface area (Å²) < 4.78 is 0. The van der Waals surface area contributed by atoms with Gasteiger partial charge in [-0.05, 0) is 61.7 Å². The molecule has 1 saturated heterocycles. The zero-order chi connectivity index (χ0) is 19.7. The Morgan fingerprint density at radius 2 is 1.86 bits per heavy atom. The van der Waals surface area contributed by atoms with Crippen molar-refractivity contribution in [1.82, 2.24) is 9.80 Å². The van der Waals surface area contributed by atoms with Gasteiger partial charge in [0.1, 0.15) is 5.75 Å². The van der Waals surface area contributed by atoms with E-state index in [-0.39, 0.29) is 24.1 Å². The molecule has 0 aromatic heterocycles. The molecule has 0 spiro atoms. The number of aromatic hydroxyl groups is 1. The Labute approximate surface area is 175 Å². The third-order valence-electron chi connectivity index (χ3n) is 5.79. The lowest BCUT2D eigenvalue weighted by Gasteiger charge is -2.39. The van der Waals surface area contributed by atoms with E-state index in [1.807, 2.05) is 17.0 Å². The predicted molar refractivity (Wildman–Crippen MR) is 112 cm³/mol. The van der Waals surface area contributed by atoms with E-state index < -0.39 is 0 Å². The standard InChI is InChI=1S/C22H24Cl2N2O2/c23-17-7-6-15(12-18(17)24)13-21(28)26-11-8-16-4-3-5-20(27)22(16)19(26)14-25-9-1-2-10-25/h3-7,12,19,27H,1-2,8-11,13-14H2/t19-/m1/s1. The quantitative estimate of drug-likeness (QED) is 0.796. The van der Waals surface area contributed by atoms with Crippen molar-refractivity contribution in [2.45, 2.75) is 31.7 Å².